The van der Waals surface area contributed by atoms with E-state index < -0.39 is 12.0 Å². The van der Waals surface area contributed by atoms with Gasteiger partial charge in [-0.3, -0.25) is 15.1 Å². The fraction of sp³-hybridized carbons (Fsp3) is 0.333. The molecule has 5 heteroatoms. The molecular formula is C9H10N2O2S. The first kappa shape index (κ1) is 9.48. The molecule has 2 rings (SSSR count). The van der Waals surface area contributed by atoms with Crippen LogP contribution in [0.25, 0.3) is 0 Å². The molecule has 0 spiro atoms. The van der Waals surface area contributed by atoms with E-state index in [1.54, 1.807) is 18.0 Å². The second-order valence-corrected chi connectivity index (χ2v) is 4.16. The first-order chi connectivity index (χ1) is 6.77. The molecule has 2 N–H and O–H groups in total. The zero-order valence-corrected chi connectivity index (χ0v) is 8.20. The van der Waals surface area contributed by atoms with Crippen molar-refractivity contribution in [1.82, 2.24) is 10.3 Å². The zero-order valence-electron chi connectivity index (χ0n) is 7.38. The van der Waals surface area contributed by atoms with Crippen molar-refractivity contribution in [3.63, 3.8) is 0 Å². The van der Waals surface area contributed by atoms with Crippen LogP contribution in [0.2, 0.25) is 0 Å². The van der Waals surface area contributed by atoms with Gasteiger partial charge in [0.25, 0.3) is 0 Å². The number of carbonyl (C=O) groups is 1. The molecule has 0 amide bonds. The van der Waals surface area contributed by atoms with E-state index in [4.69, 9.17) is 5.11 Å². The molecule has 0 aromatic carbocycles. The molecule has 74 valence electrons. The van der Waals surface area contributed by atoms with Crippen LogP contribution in [0.4, 0.5) is 0 Å². The third-order valence-electron chi connectivity index (χ3n) is 2.04. The maximum absolute atomic E-state index is 10.7. The maximum atomic E-state index is 10.7. The summed E-state index contributed by atoms with van der Waals surface area (Å²) in [6, 6.07) is 5.19. The van der Waals surface area contributed by atoms with Gasteiger partial charge in [-0.2, -0.15) is 0 Å². The Kier molecular flexibility index (Phi) is 2.69. The van der Waals surface area contributed by atoms with E-state index in [0.717, 1.165) is 5.69 Å². The first-order valence-electron chi connectivity index (χ1n) is 4.29. The Morgan fingerprint density at radius 2 is 2.50 bits per heavy atom. The van der Waals surface area contributed by atoms with E-state index in [2.05, 4.69) is 10.3 Å². The van der Waals surface area contributed by atoms with Crippen molar-refractivity contribution in [2.45, 2.75) is 11.4 Å². The normalized spacial score (nSPS) is 26.3. The lowest BCUT2D eigenvalue weighted by Crippen LogP contribution is -2.33. The minimum Gasteiger partial charge on any atom is -0.480 e. The molecule has 1 aliphatic heterocycles. The summed E-state index contributed by atoms with van der Waals surface area (Å²) in [5, 5.41) is 11.8. The average molecular weight is 210 g/mol. The highest BCUT2D eigenvalue weighted by molar-refractivity contribution is 7.99. The van der Waals surface area contributed by atoms with Crippen LogP contribution in [0.15, 0.2) is 24.4 Å². The molecule has 2 heterocycles. The average Bonchev–Trinajstić information content (AvgIpc) is 2.68. The largest absolute Gasteiger partial charge is 0.480 e. The van der Waals surface area contributed by atoms with Gasteiger partial charge >= 0.3 is 5.97 Å². The van der Waals surface area contributed by atoms with Crippen molar-refractivity contribution in [1.29, 1.82) is 0 Å². The second kappa shape index (κ2) is 3.98. The summed E-state index contributed by atoms with van der Waals surface area (Å²) in [4.78, 5) is 14.9. The second-order valence-electron chi connectivity index (χ2n) is 3.03. The van der Waals surface area contributed by atoms with E-state index >= 15 is 0 Å². The van der Waals surface area contributed by atoms with Gasteiger partial charge in [-0.25, -0.2) is 0 Å². The maximum Gasteiger partial charge on any atom is 0.321 e. The lowest BCUT2D eigenvalue weighted by Gasteiger charge is -2.09. The number of nitrogens with zero attached hydrogens (tertiary/aromatic N) is 1. The van der Waals surface area contributed by atoms with Crippen molar-refractivity contribution in [2.24, 2.45) is 0 Å². The van der Waals surface area contributed by atoms with Crippen LogP contribution in [0, 0.1) is 0 Å². The van der Waals surface area contributed by atoms with Crippen LogP contribution >= 0.6 is 11.8 Å². The molecule has 0 aliphatic carbocycles. The molecule has 1 aromatic heterocycles. The van der Waals surface area contributed by atoms with Gasteiger partial charge in [0.2, 0.25) is 0 Å². The van der Waals surface area contributed by atoms with Crippen LogP contribution in [-0.4, -0.2) is 27.9 Å². The van der Waals surface area contributed by atoms with Gasteiger partial charge in [-0.15, -0.1) is 11.8 Å². The predicted molar refractivity (Wildman–Crippen MR) is 54.0 cm³/mol. The number of pyridine rings is 1. The van der Waals surface area contributed by atoms with Crippen molar-refractivity contribution < 1.29 is 9.90 Å². The lowest BCUT2D eigenvalue weighted by molar-refractivity contribution is -0.138. The number of hydrogen-bond donors (Lipinski definition) is 2. The monoisotopic (exact) mass is 210 g/mol. The van der Waals surface area contributed by atoms with E-state index in [-0.39, 0.29) is 5.37 Å². The van der Waals surface area contributed by atoms with Crippen molar-refractivity contribution in [3.05, 3.63) is 30.1 Å². The summed E-state index contributed by atoms with van der Waals surface area (Å²) < 4.78 is 0. The minimum atomic E-state index is -0.795. The molecule has 1 saturated heterocycles. The number of aliphatic carboxylic acids is 1. The van der Waals surface area contributed by atoms with Crippen LogP contribution in [-0.2, 0) is 4.79 Å². The molecule has 1 unspecified atom stereocenters. The smallest absolute Gasteiger partial charge is 0.321 e. The summed E-state index contributed by atoms with van der Waals surface area (Å²) in [6.45, 7) is 0. The standard InChI is InChI=1S/C9H10N2O2S/c12-9(13)7-5-14-8(11-7)6-3-1-2-4-10-6/h1-4,7-8,11H,5H2,(H,12,13)/t7-,8?/m1/s1. The number of rotatable bonds is 2. The van der Waals surface area contributed by atoms with E-state index in [9.17, 15) is 4.79 Å². The third-order valence-corrected chi connectivity index (χ3v) is 3.27. The molecule has 0 bridgehead atoms. The van der Waals surface area contributed by atoms with Crippen LogP contribution < -0.4 is 5.32 Å². The summed E-state index contributed by atoms with van der Waals surface area (Å²) >= 11 is 1.58. The van der Waals surface area contributed by atoms with E-state index in [0.29, 0.717) is 5.75 Å². The SMILES string of the molecule is O=C(O)[C@H]1CSC(c2ccccn2)N1. The molecule has 14 heavy (non-hydrogen) atoms. The van der Waals surface area contributed by atoms with Gasteiger partial charge in [0.05, 0.1) is 11.1 Å². The number of carboxylic acids is 1. The Hall–Kier alpha value is -1.07. The quantitative estimate of drug-likeness (QED) is 0.758. The molecule has 2 atom stereocenters. The van der Waals surface area contributed by atoms with Gasteiger partial charge in [-0.05, 0) is 12.1 Å². The Balaban J connectivity index is 2.06. The predicted octanol–water partition coefficient (Wildman–Crippen LogP) is 0.870. The molecule has 1 fully saturated rings. The highest BCUT2D eigenvalue weighted by Gasteiger charge is 2.30. The zero-order chi connectivity index (χ0) is 9.97. The molecule has 1 aromatic rings. The number of thioether (sulfide) groups is 1. The van der Waals surface area contributed by atoms with Crippen molar-refractivity contribution in [2.75, 3.05) is 5.75 Å². The van der Waals surface area contributed by atoms with Gasteiger partial charge in [0.1, 0.15) is 6.04 Å². The van der Waals surface area contributed by atoms with Crippen LogP contribution in [0.1, 0.15) is 11.1 Å². The first-order valence-corrected chi connectivity index (χ1v) is 5.33. The lowest BCUT2D eigenvalue weighted by atomic mass is 10.3. The number of nitrogens with one attached hydrogen (secondary N) is 1. The Labute approximate surface area is 85.7 Å². The summed E-state index contributed by atoms with van der Waals surface area (Å²) in [6.07, 6.45) is 1.71. The molecule has 4 nitrogen and oxygen atoms in total. The highest BCUT2D eigenvalue weighted by Crippen LogP contribution is 2.31. The molecule has 1 aliphatic rings. The summed E-state index contributed by atoms with van der Waals surface area (Å²) in [5.41, 5.74) is 0.890. The minimum absolute atomic E-state index is 0.0114. The summed E-state index contributed by atoms with van der Waals surface area (Å²) in [7, 11) is 0. The van der Waals surface area contributed by atoms with Crippen LogP contribution in [0.3, 0.4) is 0 Å². The van der Waals surface area contributed by atoms with E-state index in [1.165, 1.54) is 0 Å². The fourth-order valence-corrected chi connectivity index (χ4v) is 2.51. The topological polar surface area (TPSA) is 62.2 Å². The summed E-state index contributed by atoms with van der Waals surface area (Å²) in [5.74, 6) is -0.202. The molecular weight excluding hydrogens is 200 g/mol. The van der Waals surface area contributed by atoms with Gasteiger partial charge in [0, 0.05) is 11.9 Å². The van der Waals surface area contributed by atoms with Gasteiger partial charge < -0.3 is 5.11 Å². The Bertz CT molecular complexity index is 331. The van der Waals surface area contributed by atoms with Crippen molar-refractivity contribution >= 4 is 17.7 Å². The van der Waals surface area contributed by atoms with Crippen LogP contribution in [0.5, 0.6) is 0 Å². The Morgan fingerprint density at radius 3 is 3.07 bits per heavy atom. The highest BCUT2D eigenvalue weighted by atomic mass is 32.2. The third kappa shape index (κ3) is 1.88. The number of carboxylic acid groups (broad SMARTS) is 1. The number of aromatic nitrogens is 1. The molecule has 0 radical (unpaired) electrons. The van der Waals surface area contributed by atoms with E-state index in [1.807, 2.05) is 18.2 Å². The molecule has 0 saturated carbocycles. The van der Waals surface area contributed by atoms with Crippen molar-refractivity contribution in [3.8, 4) is 0 Å². The van der Waals surface area contributed by atoms with Gasteiger partial charge in [0.15, 0.2) is 0 Å². The Morgan fingerprint density at radius 1 is 1.64 bits per heavy atom. The van der Waals surface area contributed by atoms with Gasteiger partial charge in [-0.1, -0.05) is 6.07 Å². The number of hydrogen-bond acceptors (Lipinski definition) is 4. The fourth-order valence-electron chi connectivity index (χ4n) is 1.32.